The molecule has 1 atom stereocenters. The van der Waals surface area contributed by atoms with Crippen molar-refractivity contribution >= 4 is 11.9 Å². The Bertz CT molecular complexity index is 815. The molecule has 1 saturated heterocycles. The fourth-order valence-corrected chi connectivity index (χ4v) is 2.81. The summed E-state index contributed by atoms with van der Waals surface area (Å²) in [7, 11) is 0. The number of piperidine rings is 1. The zero-order chi connectivity index (χ0) is 17.2. The van der Waals surface area contributed by atoms with E-state index in [4.69, 9.17) is 18.7 Å². The second kappa shape index (κ2) is 6.46. The molecule has 8 nitrogen and oxygen atoms in total. The minimum Gasteiger partial charge on any atom is -0.458 e. The summed E-state index contributed by atoms with van der Waals surface area (Å²) >= 11 is 0. The number of carbonyl (C=O) groups excluding carboxylic acids is 2. The van der Waals surface area contributed by atoms with Gasteiger partial charge in [-0.25, -0.2) is 0 Å². The average Bonchev–Trinajstić information content (AvgIpc) is 3.28. The lowest BCUT2D eigenvalue weighted by molar-refractivity contribution is -0.155. The molecule has 3 heterocycles. The van der Waals surface area contributed by atoms with Crippen LogP contribution in [0.4, 0.5) is 0 Å². The van der Waals surface area contributed by atoms with E-state index >= 15 is 0 Å². The Hall–Kier alpha value is -3.03. The Morgan fingerprint density at radius 3 is 3.04 bits per heavy atom. The minimum atomic E-state index is -0.742. The van der Waals surface area contributed by atoms with Crippen molar-refractivity contribution in [2.45, 2.75) is 19.4 Å². The fraction of sp³-hybridized carbons (Fsp3) is 0.353. The molecule has 1 fully saturated rings. The van der Waals surface area contributed by atoms with Crippen LogP contribution >= 0.6 is 0 Å². The number of fused-ring (bicyclic) bond motifs is 1. The lowest BCUT2D eigenvalue weighted by atomic mass is 9.99. The molecular formula is C17H16N2O6. The summed E-state index contributed by atoms with van der Waals surface area (Å²) in [6.07, 6.45) is 1.27. The molecule has 2 aliphatic rings. The molecule has 0 radical (unpaired) electrons. The second-order valence-corrected chi connectivity index (χ2v) is 5.84. The molecule has 1 aromatic carbocycles. The predicted molar refractivity (Wildman–Crippen MR) is 83.6 cm³/mol. The molecule has 2 aromatic rings. The first kappa shape index (κ1) is 15.5. The van der Waals surface area contributed by atoms with Gasteiger partial charge in [-0.3, -0.25) is 9.59 Å². The van der Waals surface area contributed by atoms with Gasteiger partial charge in [0.2, 0.25) is 12.7 Å². The van der Waals surface area contributed by atoms with Gasteiger partial charge in [0.15, 0.2) is 17.3 Å². The zero-order valence-electron chi connectivity index (χ0n) is 13.3. The van der Waals surface area contributed by atoms with E-state index in [1.54, 1.807) is 18.2 Å². The molecule has 0 aliphatic carbocycles. The van der Waals surface area contributed by atoms with Crippen molar-refractivity contribution in [1.82, 2.24) is 10.5 Å². The van der Waals surface area contributed by atoms with E-state index in [1.165, 1.54) is 0 Å². The van der Waals surface area contributed by atoms with E-state index < -0.39 is 11.9 Å². The van der Waals surface area contributed by atoms with Crippen LogP contribution in [0.25, 0.3) is 11.3 Å². The highest BCUT2D eigenvalue weighted by Crippen LogP contribution is 2.36. The topological polar surface area (TPSA) is 99.9 Å². The second-order valence-electron chi connectivity index (χ2n) is 5.84. The Morgan fingerprint density at radius 1 is 1.28 bits per heavy atom. The van der Waals surface area contributed by atoms with Crippen LogP contribution in [0, 0.1) is 5.92 Å². The molecule has 2 aliphatic heterocycles. The molecule has 8 heteroatoms. The third-order valence-corrected chi connectivity index (χ3v) is 4.15. The van der Waals surface area contributed by atoms with Crippen LogP contribution in [0.15, 0.2) is 28.8 Å². The Balaban J connectivity index is 1.40. The van der Waals surface area contributed by atoms with Gasteiger partial charge in [0.25, 0.3) is 0 Å². The number of amides is 1. The lowest BCUT2D eigenvalue weighted by Crippen LogP contribution is -2.41. The SMILES string of the molecule is O=C1NCCCC1C(=O)OCc1cc(-c2ccc3c(c2)OCO3)on1. The van der Waals surface area contributed by atoms with Crippen molar-refractivity contribution in [1.29, 1.82) is 0 Å². The van der Waals surface area contributed by atoms with Crippen molar-refractivity contribution in [3.63, 3.8) is 0 Å². The van der Waals surface area contributed by atoms with Gasteiger partial charge in [0.05, 0.1) is 0 Å². The predicted octanol–water partition coefficient (Wildman–Crippen LogP) is 1.64. The van der Waals surface area contributed by atoms with E-state index in [0.717, 1.165) is 12.0 Å². The highest BCUT2D eigenvalue weighted by molar-refractivity contribution is 5.98. The third kappa shape index (κ3) is 3.15. The van der Waals surface area contributed by atoms with Gasteiger partial charge in [-0.2, -0.15) is 0 Å². The van der Waals surface area contributed by atoms with Crippen molar-refractivity contribution in [2.75, 3.05) is 13.3 Å². The van der Waals surface area contributed by atoms with Gasteiger partial charge in [-0.05, 0) is 31.0 Å². The average molecular weight is 344 g/mol. The van der Waals surface area contributed by atoms with Gasteiger partial charge in [0.1, 0.15) is 18.2 Å². The standard InChI is InChI=1S/C17H16N2O6/c20-16-12(2-1-5-18-16)17(21)22-8-11-7-14(25-19-11)10-3-4-13-15(6-10)24-9-23-13/h3-4,6-7,12H,1-2,5,8-9H2,(H,18,20). The summed E-state index contributed by atoms with van der Waals surface area (Å²) in [6.45, 7) is 0.757. The molecule has 25 heavy (non-hydrogen) atoms. The number of aromatic nitrogens is 1. The van der Waals surface area contributed by atoms with Crippen LogP contribution in [-0.4, -0.2) is 30.4 Å². The van der Waals surface area contributed by atoms with Gasteiger partial charge >= 0.3 is 5.97 Å². The summed E-state index contributed by atoms with van der Waals surface area (Å²) < 4.78 is 21.1. The highest BCUT2D eigenvalue weighted by atomic mass is 16.7. The van der Waals surface area contributed by atoms with Crippen LogP contribution in [0.3, 0.4) is 0 Å². The summed E-state index contributed by atoms with van der Waals surface area (Å²) in [5, 5.41) is 6.56. The first-order chi connectivity index (χ1) is 12.2. The van der Waals surface area contributed by atoms with Gasteiger partial charge in [0, 0.05) is 18.2 Å². The first-order valence-corrected chi connectivity index (χ1v) is 8.01. The maximum absolute atomic E-state index is 12.0. The molecule has 1 amide bonds. The largest absolute Gasteiger partial charge is 0.458 e. The number of nitrogens with one attached hydrogen (secondary N) is 1. The summed E-state index contributed by atoms with van der Waals surface area (Å²) in [5.74, 6) is 0.296. The van der Waals surface area contributed by atoms with E-state index in [1.807, 2.05) is 6.07 Å². The maximum atomic E-state index is 12.0. The number of ether oxygens (including phenoxy) is 3. The van der Waals surface area contributed by atoms with Crippen LogP contribution in [0.5, 0.6) is 11.5 Å². The van der Waals surface area contributed by atoms with Crippen LogP contribution < -0.4 is 14.8 Å². The van der Waals surface area contributed by atoms with E-state index in [0.29, 0.717) is 35.9 Å². The van der Waals surface area contributed by atoms with E-state index in [9.17, 15) is 9.59 Å². The van der Waals surface area contributed by atoms with Gasteiger partial charge < -0.3 is 24.1 Å². The zero-order valence-corrected chi connectivity index (χ0v) is 13.3. The molecule has 1 aromatic heterocycles. The normalized spacial score (nSPS) is 18.7. The molecule has 0 spiro atoms. The summed E-state index contributed by atoms with van der Waals surface area (Å²) in [6, 6.07) is 7.11. The number of hydrogen-bond acceptors (Lipinski definition) is 7. The van der Waals surface area contributed by atoms with Crippen LogP contribution in [0.1, 0.15) is 18.5 Å². The molecule has 130 valence electrons. The van der Waals surface area contributed by atoms with Crippen molar-refractivity contribution in [2.24, 2.45) is 5.92 Å². The Labute approximate surface area is 143 Å². The fourth-order valence-electron chi connectivity index (χ4n) is 2.81. The lowest BCUT2D eigenvalue weighted by Gasteiger charge is -2.19. The molecule has 1 N–H and O–H groups in total. The highest BCUT2D eigenvalue weighted by Gasteiger charge is 2.30. The van der Waals surface area contributed by atoms with E-state index in [-0.39, 0.29) is 19.3 Å². The Morgan fingerprint density at radius 2 is 2.16 bits per heavy atom. The Kier molecular flexibility index (Phi) is 4.01. The number of benzene rings is 1. The number of carbonyl (C=O) groups is 2. The van der Waals surface area contributed by atoms with Crippen LogP contribution in [0.2, 0.25) is 0 Å². The number of hydrogen-bond donors (Lipinski definition) is 1. The van der Waals surface area contributed by atoms with Crippen molar-refractivity contribution in [3.8, 4) is 22.8 Å². The minimum absolute atomic E-state index is 0.0450. The van der Waals surface area contributed by atoms with Crippen LogP contribution in [-0.2, 0) is 20.9 Å². The summed E-state index contributed by atoms with van der Waals surface area (Å²) in [4.78, 5) is 23.7. The third-order valence-electron chi connectivity index (χ3n) is 4.15. The molecule has 1 unspecified atom stereocenters. The number of nitrogens with zero attached hydrogens (tertiary/aromatic N) is 1. The monoisotopic (exact) mass is 344 g/mol. The number of esters is 1. The smallest absolute Gasteiger partial charge is 0.318 e. The molecular weight excluding hydrogens is 328 g/mol. The van der Waals surface area contributed by atoms with Gasteiger partial charge in [-0.15, -0.1) is 0 Å². The van der Waals surface area contributed by atoms with Crippen molar-refractivity contribution < 1.29 is 28.3 Å². The molecule has 0 saturated carbocycles. The molecule has 0 bridgehead atoms. The van der Waals surface area contributed by atoms with Gasteiger partial charge in [-0.1, -0.05) is 5.16 Å². The summed E-state index contributed by atoms with van der Waals surface area (Å²) in [5.41, 5.74) is 1.25. The van der Waals surface area contributed by atoms with E-state index in [2.05, 4.69) is 10.5 Å². The molecule has 4 rings (SSSR count). The maximum Gasteiger partial charge on any atom is 0.318 e. The number of rotatable bonds is 4. The first-order valence-electron chi connectivity index (χ1n) is 8.01. The quantitative estimate of drug-likeness (QED) is 0.665. The van der Waals surface area contributed by atoms with Crippen molar-refractivity contribution in [3.05, 3.63) is 30.0 Å².